The Kier molecular flexibility index (Phi) is 1.60. The maximum Gasteiger partial charge on any atom is 0.0440 e. The highest BCUT2D eigenvalue weighted by Gasteiger charge is 2.20. The molecule has 1 heteroatoms. The molecule has 2 aliphatic rings. The van der Waals surface area contributed by atoms with E-state index in [4.69, 9.17) is 0 Å². The quantitative estimate of drug-likeness (QED) is 0.570. The molecule has 1 aliphatic heterocycles. The second kappa shape index (κ2) is 2.51. The molecule has 0 radical (unpaired) electrons. The first-order valence-electron chi connectivity index (χ1n) is 4.53. The van der Waals surface area contributed by atoms with Gasteiger partial charge in [-0.2, -0.15) is 0 Å². The van der Waals surface area contributed by atoms with Crippen LogP contribution in [0.4, 0.5) is 0 Å². The molecule has 0 N–H and O–H groups in total. The molecule has 1 aliphatic carbocycles. The van der Waals surface area contributed by atoms with Crippen molar-refractivity contribution in [1.29, 1.82) is 0 Å². The Morgan fingerprint density at radius 2 is 2.08 bits per heavy atom. The van der Waals surface area contributed by atoms with Gasteiger partial charge < -0.3 is 4.90 Å². The van der Waals surface area contributed by atoms with Crippen LogP contribution < -0.4 is 0 Å². The number of fused-ring (bicyclic) bond motifs is 1. The van der Waals surface area contributed by atoms with E-state index in [1.54, 1.807) is 0 Å². The zero-order chi connectivity index (χ0) is 8.72. The average molecular weight is 161 g/mol. The van der Waals surface area contributed by atoms with Gasteiger partial charge in [0.05, 0.1) is 0 Å². The van der Waals surface area contributed by atoms with Crippen molar-refractivity contribution in [1.82, 2.24) is 4.90 Å². The van der Waals surface area contributed by atoms with Crippen LogP contribution in [-0.2, 0) is 0 Å². The van der Waals surface area contributed by atoms with E-state index in [-0.39, 0.29) is 0 Å². The maximum atomic E-state index is 2.31. The zero-order valence-corrected chi connectivity index (χ0v) is 7.96. The predicted octanol–water partition coefficient (Wildman–Crippen LogP) is 2.34. The van der Waals surface area contributed by atoms with E-state index in [0.29, 0.717) is 5.92 Å². The van der Waals surface area contributed by atoms with E-state index < -0.39 is 0 Å². The van der Waals surface area contributed by atoms with Crippen LogP contribution in [0.15, 0.2) is 35.1 Å². The van der Waals surface area contributed by atoms with Crippen LogP contribution in [0, 0.1) is 5.92 Å². The lowest BCUT2D eigenvalue weighted by molar-refractivity contribution is 0.498. The number of hydrogen-bond acceptors (Lipinski definition) is 1. The van der Waals surface area contributed by atoms with Crippen LogP contribution in [0.5, 0.6) is 0 Å². The lowest BCUT2D eigenvalue weighted by Crippen LogP contribution is -2.11. The summed E-state index contributed by atoms with van der Waals surface area (Å²) in [6.45, 7) is 5.55. The Morgan fingerprint density at radius 3 is 2.67 bits per heavy atom. The number of allylic oxidation sites excluding steroid dienone is 3. The lowest BCUT2D eigenvalue weighted by atomic mass is 10.1. The second-order valence-electron chi connectivity index (χ2n) is 3.87. The summed E-state index contributed by atoms with van der Waals surface area (Å²) in [7, 11) is 2.15. The summed E-state index contributed by atoms with van der Waals surface area (Å²) in [5, 5.41) is 0. The van der Waals surface area contributed by atoms with Gasteiger partial charge in [0.1, 0.15) is 0 Å². The van der Waals surface area contributed by atoms with Crippen molar-refractivity contribution in [3.05, 3.63) is 35.1 Å². The van der Waals surface area contributed by atoms with Gasteiger partial charge in [0.25, 0.3) is 0 Å². The smallest absolute Gasteiger partial charge is 0.0440 e. The largest absolute Gasteiger partial charge is 0.370 e. The molecule has 0 saturated heterocycles. The normalized spacial score (nSPS) is 21.0. The minimum Gasteiger partial charge on any atom is -0.370 e. The minimum absolute atomic E-state index is 0.650. The van der Waals surface area contributed by atoms with Gasteiger partial charge in [-0.15, -0.1) is 0 Å². The van der Waals surface area contributed by atoms with Crippen LogP contribution in [0.1, 0.15) is 13.8 Å². The molecular formula is C11H15N. The first-order chi connectivity index (χ1) is 5.68. The molecular weight excluding hydrogens is 146 g/mol. The number of nitrogens with zero attached hydrogens (tertiary/aromatic N) is 1. The number of likely N-dealkylation sites (N-methyl/N-ethyl adjacent to an activating group) is 1. The summed E-state index contributed by atoms with van der Waals surface area (Å²) in [5.41, 5.74) is 4.28. The third kappa shape index (κ3) is 1.01. The van der Waals surface area contributed by atoms with Crippen molar-refractivity contribution in [2.75, 3.05) is 13.6 Å². The van der Waals surface area contributed by atoms with Gasteiger partial charge in [-0.05, 0) is 29.2 Å². The fourth-order valence-electron chi connectivity index (χ4n) is 1.70. The molecule has 0 aromatic heterocycles. The van der Waals surface area contributed by atoms with Crippen molar-refractivity contribution >= 4 is 0 Å². The number of rotatable bonds is 1. The zero-order valence-electron chi connectivity index (χ0n) is 7.96. The molecule has 0 amide bonds. The monoisotopic (exact) mass is 161 g/mol. The molecule has 0 unspecified atom stereocenters. The molecule has 0 saturated carbocycles. The van der Waals surface area contributed by atoms with E-state index in [2.05, 4.69) is 44.0 Å². The average Bonchev–Trinajstić information content (AvgIpc) is 2.53. The van der Waals surface area contributed by atoms with Crippen LogP contribution in [-0.4, -0.2) is 18.5 Å². The van der Waals surface area contributed by atoms with Gasteiger partial charge in [-0.25, -0.2) is 0 Å². The van der Waals surface area contributed by atoms with Crippen LogP contribution in [0.3, 0.4) is 0 Å². The molecule has 0 bridgehead atoms. The molecule has 12 heavy (non-hydrogen) atoms. The summed E-state index contributed by atoms with van der Waals surface area (Å²) >= 11 is 0. The van der Waals surface area contributed by atoms with Crippen molar-refractivity contribution in [3.8, 4) is 0 Å². The topological polar surface area (TPSA) is 3.24 Å². The van der Waals surface area contributed by atoms with Gasteiger partial charge in [-0.3, -0.25) is 0 Å². The Balaban J connectivity index is 2.31. The highest BCUT2D eigenvalue weighted by molar-refractivity contribution is 5.55. The van der Waals surface area contributed by atoms with E-state index in [1.165, 1.54) is 16.8 Å². The van der Waals surface area contributed by atoms with Crippen molar-refractivity contribution in [2.24, 2.45) is 5.92 Å². The Hall–Kier alpha value is -0.980. The highest BCUT2D eigenvalue weighted by Crippen LogP contribution is 2.32. The van der Waals surface area contributed by atoms with Crippen molar-refractivity contribution < 1.29 is 0 Å². The van der Waals surface area contributed by atoms with Crippen LogP contribution >= 0.6 is 0 Å². The molecule has 0 spiro atoms. The SMILES string of the molecule is CC(C)C1=CC2=CCN(C)C2=C1. The summed E-state index contributed by atoms with van der Waals surface area (Å²) < 4.78 is 0. The minimum atomic E-state index is 0.650. The van der Waals surface area contributed by atoms with E-state index in [1.807, 2.05) is 0 Å². The Bertz CT molecular complexity index is 292. The van der Waals surface area contributed by atoms with E-state index in [9.17, 15) is 0 Å². The summed E-state index contributed by atoms with van der Waals surface area (Å²) in [6.07, 6.45) is 6.91. The van der Waals surface area contributed by atoms with Crippen molar-refractivity contribution in [2.45, 2.75) is 13.8 Å². The fourth-order valence-corrected chi connectivity index (χ4v) is 1.70. The summed E-state index contributed by atoms with van der Waals surface area (Å²) in [5.74, 6) is 0.650. The molecule has 1 heterocycles. The maximum absolute atomic E-state index is 2.31. The van der Waals surface area contributed by atoms with Gasteiger partial charge in [0.2, 0.25) is 0 Å². The Labute approximate surface area is 74.1 Å². The van der Waals surface area contributed by atoms with Gasteiger partial charge >= 0.3 is 0 Å². The molecule has 0 aromatic rings. The third-order valence-electron chi connectivity index (χ3n) is 2.58. The predicted molar refractivity (Wildman–Crippen MR) is 51.7 cm³/mol. The lowest BCUT2D eigenvalue weighted by Gasteiger charge is -2.12. The molecule has 0 fully saturated rings. The van der Waals surface area contributed by atoms with Gasteiger partial charge in [-0.1, -0.05) is 19.9 Å². The highest BCUT2D eigenvalue weighted by atomic mass is 15.1. The molecule has 64 valence electrons. The molecule has 0 atom stereocenters. The third-order valence-corrected chi connectivity index (χ3v) is 2.58. The first-order valence-corrected chi connectivity index (χ1v) is 4.53. The molecule has 2 rings (SSSR count). The number of hydrogen-bond donors (Lipinski definition) is 0. The van der Waals surface area contributed by atoms with Gasteiger partial charge in [0, 0.05) is 19.3 Å². The molecule has 1 nitrogen and oxygen atoms in total. The summed E-state index contributed by atoms with van der Waals surface area (Å²) in [6, 6.07) is 0. The van der Waals surface area contributed by atoms with Gasteiger partial charge in [0.15, 0.2) is 0 Å². The van der Waals surface area contributed by atoms with Crippen molar-refractivity contribution in [3.63, 3.8) is 0 Å². The second-order valence-corrected chi connectivity index (χ2v) is 3.87. The standard InChI is InChI=1S/C11H15N/c1-8(2)10-6-9-4-5-12(3)11(9)7-10/h4,6-8H,5H2,1-3H3. The Morgan fingerprint density at radius 1 is 1.33 bits per heavy atom. The van der Waals surface area contributed by atoms with E-state index in [0.717, 1.165) is 6.54 Å². The first kappa shape index (κ1) is 7.66. The van der Waals surface area contributed by atoms with E-state index >= 15 is 0 Å². The molecule has 0 aromatic carbocycles. The van der Waals surface area contributed by atoms with Crippen LogP contribution in [0.2, 0.25) is 0 Å². The summed E-state index contributed by atoms with van der Waals surface area (Å²) in [4.78, 5) is 2.29. The van der Waals surface area contributed by atoms with Crippen LogP contribution in [0.25, 0.3) is 0 Å². The fraction of sp³-hybridized carbons (Fsp3) is 0.455.